The lowest BCUT2D eigenvalue weighted by atomic mass is 9.86. The largest absolute Gasteiger partial charge is 0.472 e. The summed E-state index contributed by atoms with van der Waals surface area (Å²) in [5.41, 5.74) is 1.08. The topological polar surface area (TPSA) is 33.5 Å². The lowest BCUT2D eigenvalue weighted by Crippen LogP contribution is -2.32. The second-order valence-corrected chi connectivity index (χ2v) is 7.85. The van der Waals surface area contributed by atoms with Crippen molar-refractivity contribution in [3.05, 3.63) is 46.5 Å². The van der Waals surface area contributed by atoms with Crippen molar-refractivity contribution in [2.75, 3.05) is 6.54 Å². The molecule has 1 fully saturated rings. The van der Waals surface area contributed by atoms with Gasteiger partial charge in [0.1, 0.15) is 0 Å². The highest BCUT2D eigenvalue weighted by Gasteiger charge is 2.19. The fraction of sp³-hybridized carbons (Fsp3) is 0.550. The normalized spacial score (nSPS) is 15.5. The quantitative estimate of drug-likeness (QED) is 0.653. The summed E-state index contributed by atoms with van der Waals surface area (Å²) in [6.07, 6.45) is 12.8. The number of furan rings is 1. The van der Waals surface area contributed by atoms with Crippen molar-refractivity contribution in [2.24, 2.45) is 5.92 Å². The number of amides is 1. The lowest BCUT2D eigenvalue weighted by molar-refractivity contribution is -0.132. The molecule has 3 nitrogen and oxygen atoms in total. The van der Waals surface area contributed by atoms with Gasteiger partial charge in [-0.2, -0.15) is 0 Å². The Bertz CT molecular complexity index is 585. The van der Waals surface area contributed by atoms with Gasteiger partial charge in [0, 0.05) is 30.0 Å². The van der Waals surface area contributed by atoms with Crippen molar-refractivity contribution in [3.63, 3.8) is 0 Å². The van der Waals surface area contributed by atoms with Crippen molar-refractivity contribution >= 4 is 17.2 Å². The van der Waals surface area contributed by atoms with Crippen LogP contribution in [0.5, 0.6) is 0 Å². The Morgan fingerprint density at radius 2 is 2.12 bits per heavy atom. The third kappa shape index (κ3) is 5.23. The van der Waals surface area contributed by atoms with E-state index in [-0.39, 0.29) is 0 Å². The highest BCUT2D eigenvalue weighted by molar-refractivity contribution is 7.09. The molecule has 0 aliphatic heterocycles. The molecule has 0 bridgehead atoms. The van der Waals surface area contributed by atoms with Crippen LogP contribution in [0, 0.1) is 5.92 Å². The van der Waals surface area contributed by atoms with Gasteiger partial charge >= 0.3 is 0 Å². The summed E-state index contributed by atoms with van der Waals surface area (Å²) in [5.74, 6) is 1.05. The van der Waals surface area contributed by atoms with E-state index in [0.717, 1.165) is 30.9 Å². The first-order chi connectivity index (χ1) is 11.8. The van der Waals surface area contributed by atoms with Gasteiger partial charge in [-0.05, 0) is 36.3 Å². The van der Waals surface area contributed by atoms with Gasteiger partial charge in [0.15, 0.2) is 0 Å². The number of nitrogens with zero attached hydrogens (tertiary/aromatic N) is 1. The number of hydrogen-bond acceptors (Lipinski definition) is 3. The van der Waals surface area contributed by atoms with Gasteiger partial charge in [0.2, 0.25) is 5.91 Å². The van der Waals surface area contributed by atoms with E-state index >= 15 is 0 Å². The molecule has 1 aliphatic rings. The van der Waals surface area contributed by atoms with E-state index in [2.05, 4.69) is 17.5 Å². The van der Waals surface area contributed by atoms with Crippen LogP contribution in [-0.4, -0.2) is 17.4 Å². The summed E-state index contributed by atoms with van der Waals surface area (Å²) in [4.78, 5) is 16.1. The van der Waals surface area contributed by atoms with Gasteiger partial charge < -0.3 is 9.32 Å². The molecule has 0 saturated heterocycles. The maximum Gasteiger partial charge on any atom is 0.222 e. The van der Waals surface area contributed by atoms with Crippen molar-refractivity contribution < 1.29 is 9.21 Å². The van der Waals surface area contributed by atoms with E-state index in [9.17, 15) is 4.79 Å². The first-order valence-electron chi connectivity index (χ1n) is 9.12. The van der Waals surface area contributed by atoms with E-state index in [0.29, 0.717) is 18.9 Å². The predicted octanol–water partition coefficient (Wildman–Crippen LogP) is 5.27. The summed E-state index contributed by atoms with van der Waals surface area (Å²) >= 11 is 1.76. The maximum atomic E-state index is 12.8. The highest BCUT2D eigenvalue weighted by atomic mass is 32.1. The van der Waals surface area contributed by atoms with Crippen molar-refractivity contribution in [2.45, 2.75) is 57.9 Å². The minimum atomic E-state index is 0.290. The van der Waals surface area contributed by atoms with E-state index in [4.69, 9.17) is 4.42 Å². The smallest absolute Gasteiger partial charge is 0.222 e. The van der Waals surface area contributed by atoms with Crippen molar-refractivity contribution in [1.82, 2.24) is 4.90 Å². The number of thiophene rings is 1. The summed E-state index contributed by atoms with van der Waals surface area (Å²) in [6.45, 7) is 1.45. The van der Waals surface area contributed by atoms with Gasteiger partial charge in [0.05, 0.1) is 12.5 Å². The van der Waals surface area contributed by atoms with Crippen LogP contribution in [0.25, 0.3) is 0 Å². The molecule has 2 aromatic rings. The van der Waals surface area contributed by atoms with Gasteiger partial charge in [0.25, 0.3) is 0 Å². The Morgan fingerprint density at radius 1 is 1.25 bits per heavy atom. The Hall–Kier alpha value is -1.55. The van der Waals surface area contributed by atoms with Crippen LogP contribution < -0.4 is 0 Å². The molecular weight excluding hydrogens is 318 g/mol. The molecule has 130 valence electrons. The number of hydrogen-bond donors (Lipinski definition) is 0. The lowest BCUT2D eigenvalue weighted by Gasteiger charge is -2.25. The molecule has 3 rings (SSSR count). The molecule has 2 heterocycles. The fourth-order valence-electron chi connectivity index (χ4n) is 3.56. The monoisotopic (exact) mass is 345 g/mol. The Balaban J connectivity index is 1.53. The molecule has 1 aliphatic carbocycles. The van der Waals surface area contributed by atoms with Crippen LogP contribution in [0.15, 0.2) is 40.5 Å². The van der Waals surface area contributed by atoms with E-state index in [1.807, 2.05) is 11.0 Å². The molecule has 0 unspecified atom stereocenters. The molecule has 0 radical (unpaired) electrons. The summed E-state index contributed by atoms with van der Waals surface area (Å²) in [7, 11) is 0. The minimum Gasteiger partial charge on any atom is -0.472 e. The molecule has 2 aromatic heterocycles. The summed E-state index contributed by atoms with van der Waals surface area (Å²) in [5, 5.41) is 2.10. The van der Waals surface area contributed by atoms with E-state index in [1.165, 1.54) is 37.0 Å². The van der Waals surface area contributed by atoms with Crippen LogP contribution in [0.4, 0.5) is 0 Å². The van der Waals surface area contributed by atoms with Gasteiger partial charge in [-0.15, -0.1) is 11.3 Å². The first kappa shape index (κ1) is 17.3. The van der Waals surface area contributed by atoms with Gasteiger partial charge in [-0.3, -0.25) is 4.79 Å². The van der Waals surface area contributed by atoms with E-state index < -0.39 is 0 Å². The fourth-order valence-corrected chi connectivity index (χ4v) is 4.25. The van der Waals surface area contributed by atoms with E-state index in [1.54, 1.807) is 23.9 Å². The second kappa shape index (κ2) is 9.07. The highest BCUT2D eigenvalue weighted by Crippen LogP contribution is 2.27. The molecule has 1 amide bonds. The van der Waals surface area contributed by atoms with Crippen molar-refractivity contribution in [3.8, 4) is 0 Å². The van der Waals surface area contributed by atoms with Crippen LogP contribution in [0.1, 0.15) is 55.4 Å². The SMILES string of the molecule is O=C(CCC1CCCCC1)N(CCc1cccs1)Cc1ccoc1. The number of rotatable bonds is 8. The Morgan fingerprint density at radius 3 is 2.83 bits per heavy atom. The van der Waals surface area contributed by atoms with Gasteiger partial charge in [-0.1, -0.05) is 38.2 Å². The standard InChI is InChI=1S/C20H27NO2S/c22-20(9-8-17-5-2-1-3-6-17)21(15-18-11-13-23-16-18)12-10-19-7-4-14-24-19/h4,7,11,13-14,16-17H,1-3,5-6,8-10,12,15H2. The van der Waals surface area contributed by atoms with Crippen LogP contribution in [0.3, 0.4) is 0 Å². The molecular formula is C20H27NO2S. The summed E-state index contributed by atoms with van der Waals surface area (Å²) in [6, 6.07) is 6.17. The Kier molecular flexibility index (Phi) is 6.53. The van der Waals surface area contributed by atoms with Crippen LogP contribution >= 0.6 is 11.3 Å². The third-order valence-electron chi connectivity index (χ3n) is 5.01. The molecule has 0 aromatic carbocycles. The number of carbonyl (C=O) groups excluding carboxylic acids is 1. The Labute approximate surface area is 148 Å². The predicted molar refractivity (Wildman–Crippen MR) is 98.0 cm³/mol. The molecule has 24 heavy (non-hydrogen) atoms. The van der Waals surface area contributed by atoms with Crippen LogP contribution in [-0.2, 0) is 17.8 Å². The van der Waals surface area contributed by atoms with Crippen LogP contribution in [0.2, 0.25) is 0 Å². The molecule has 0 atom stereocenters. The molecule has 0 N–H and O–H groups in total. The zero-order valence-electron chi connectivity index (χ0n) is 14.3. The average molecular weight is 346 g/mol. The summed E-state index contributed by atoms with van der Waals surface area (Å²) < 4.78 is 5.16. The second-order valence-electron chi connectivity index (χ2n) is 6.82. The minimum absolute atomic E-state index is 0.290. The van der Waals surface area contributed by atoms with Crippen molar-refractivity contribution in [1.29, 1.82) is 0 Å². The molecule has 0 spiro atoms. The zero-order valence-corrected chi connectivity index (χ0v) is 15.1. The van der Waals surface area contributed by atoms with Gasteiger partial charge in [-0.25, -0.2) is 0 Å². The molecule has 4 heteroatoms. The third-order valence-corrected chi connectivity index (χ3v) is 5.94. The maximum absolute atomic E-state index is 12.8. The molecule has 1 saturated carbocycles. The zero-order chi connectivity index (χ0) is 16.6. The average Bonchev–Trinajstić information content (AvgIpc) is 3.31. The first-order valence-corrected chi connectivity index (χ1v) is 10.0. The number of carbonyl (C=O) groups is 1.